The fourth-order valence-electron chi connectivity index (χ4n) is 6.43. The summed E-state index contributed by atoms with van der Waals surface area (Å²) in [5.41, 5.74) is 7.54. The van der Waals surface area contributed by atoms with Crippen molar-refractivity contribution in [1.29, 1.82) is 0 Å². The van der Waals surface area contributed by atoms with E-state index in [-0.39, 0.29) is 0 Å². The van der Waals surface area contributed by atoms with E-state index in [1.165, 1.54) is 42.1 Å². The molecule has 0 bridgehead atoms. The van der Waals surface area contributed by atoms with Crippen LogP contribution in [0.4, 0.5) is 0 Å². The lowest BCUT2D eigenvalue weighted by atomic mass is 9.94. The first-order chi connectivity index (χ1) is 23.3. The number of nitrogens with zero attached hydrogens (tertiary/aromatic N) is 3. The minimum atomic E-state index is 0.650. The third-order valence-electron chi connectivity index (χ3n) is 8.73. The Balaban J connectivity index is 1.14. The highest BCUT2D eigenvalue weighted by molar-refractivity contribution is 7.26. The Bertz CT molecular complexity index is 2510. The van der Waals surface area contributed by atoms with Crippen LogP contribution in [0.1, 0.15) is 0 Å². The van der Waals surface area contributed by atoms with Gasteiger partial charge in [0.1, 0.15) is 0 Å². The molecule has 0 atom stereocenters. The normalized spacial score (nSPS) is 11.4. The van der Waals surface area contributed by atoms with Crippen molar-refractivity contribution in [2.24, 2.45) is 0 Å². The summed E-state index contributed by atoms with van der Waals surface area (Å²) in [6.45, 7) is 0. The van der Waals surface area contributed by atoms with Crippen molar-refractivity contribution in [3.8, 4) is 56.4 Å². The SMILES string of the molecule is c1ccc(-c2nc(-c3ccccc3)nc(-c3cccc(-c4cccc(-c5cccc6c5ccc5c7ccccc7sc65)c4)c3)n2)cc1. The minimum absolute atomic E-state index is 0.650. The molecular weight excluding hydrogens is 591 g/mol. The molecule has 0 aliphatic rings. The van der Waals surface area contributed by atoms with Crippen LogP contribution in [0.3, 0.4) is 0 Å². The first-order valence-corrected chi connectivity index (χ1v) is 16.5. The Morgan fingerprint density at radius 2 is 0.787 bits per heavy atom. The second kappa shape index (κ2) is 11.4. The Morgan fingerprint density at radius 1 is 0.319 bits per heavy atom. The average molecular weight is 618 g/mol. The molecule has 7 aromatic carbocycles. The van der Waals surface area contributed by atoms with Gasteiger partial charge in [0.05, 0.1) is 0 Å². The summed E-state index contributed by atoms with van der Waals surface area (Å²) < 4.78 is 2.67. The third kappa shape index (κ3) is 4.96. The number of benzene rings is 7. The third-order valence-corrected chi connectivity index (χ3v) is 9.95. The zero-order chi connectivity index (χ0) is 31.2. The summed E-state index contributed by atoms with van der Waals surface area (Å²) in [4.78, 5) is 14.8. The van der Waals surface area contributed by atoms with Crippen LogP contribution in [0, 0.1) is 0 Å². The highest BCUT2D eigenvalue weighted by Gasteiger charge is 2.14. The zero-order valence-electron chi connectivity index (χ0n) is 25.3. The van der Waals surface area contributed by atoms with Crippen LogP contribution in [-0.4, -0.2) is 15.0 Å². The van der Waals surface area contributed by atoms with Crippen molar-refractivity contribution in [3.05, 3.63) is 164 Å². The second-order valence-corrected chi connectivity index (χ2v) is 12.7. The van der Waals surface area contributed by atoms with E-state index in [0.29, 0.717) is 17.5 Å². The van der Waals surface area contributed by atoms with Crippen molar-refractivity contribution in [3.63, 3.8) is 0 Å². The van der Waals surface area contributed by atoms with Crippen LogP contribution in [0.15, 0.2) is 164 Å². The van der Waals surface area contributed by atoms with E-state index in [1.807, 2.05) is 72.0 Å². The summed E-state index contributed by atoms with van der Waals surface area (Å²) in [6, 6.07) is 57.5. The van der Waals surface area contributed by atoms with Crippen molar-refractivity contribution < 1.29 is 0 Å². The van der Waals surface area contributed by atoms with Gasteiger partial charge in [-0.3, -0.25) is 0 Å². The van der Waals surface area contributed by atoms with Gasteiger partial charge in [0.15, 0.2) is 17.5 Å². The predicted octanol–water partition coefficient (Wildman–Crippen LogP) is 11.7. The smallest absolute Gasteiger partial charge is 0.164 e. The Labute approximate surface area is 276 Å². The van der Waals surface area contributed by atoms with E-state index in [9.17, 15) is 0 Å². The van der Waals surface area contributed by atoms with Crippen LogP contribution in [0.5, 0.6) is 0 Å². The van der Waals surface area contributed by atoms with Gasteiger partial charge in [0.25, 0.3) is 0 Å². The maximum atomic E-state index is 4.95. The molecule has 3 nitrogen and oxygen atoms in total. The maximum Gasteiger partial charge on any atom is 0.164 e. The van der Waals surface area contributed by atoms with Gasteiger partial charge in [0, 0.05) is 42.2 Å². The summed E-state index contributed by atoms with van der Waals surface area (Å²) in [5, 5.41) is 5.22. The average Bonchev–Trinajstić information content (AvgIpc) is 3.55. The molecule has 0 N–H and O–H groups in total. The molecule has 0 spiro atoms. The van der Waals surface area contributed by atoms with Crippen molar-refractivity contribution in [2.45, 2.75) is 0 Å². The molecule has 0 aliphatic heterocycles. The molecule has 0 saturated carbocycles. The molecular formula is C43H27N3S. The lowest BCUT2D eigenvalue weighted by Crippen LogP contribution is -2.00. The van der Waals surface area contributed by atoms with Gasteiger partial charge in [-0.2, -0.15) is 0 Å². The molecule has 0 unspecified atom stereocenters. The van der Waals surface area contributed by atoms with Crippen molar-refractivity contribution in [2.75, 3.05) is 0 Å². The predicted molar refractivity (Wildman–Crippen MR) is 197 cm³/mol. The summed E-state index contributed by atoms with van der Waals surface area (Å²) >= 11 is 1.88. The van der Waals surface area contributed by atoms with E-state index in [4.69, 9.17) is 15.0 Å². The van der Waals surface area contributed by atoms with Crippen molar-refractivity contribution >= 4 is 42.3 Å². The Hall–Kier alpha value is -5.97. The number of rotatable bonds is 5. The molecule has 0 radical (unpaired) electrons. The van der Waals surface area contributed by atoms with Gasteiger partial charge in [0.2, 0.25) is 0 Å². The molecule has 9 aromatic rings. The number of thiophene rings is 1. The summed E-state index contributed by atoms with van der Waals surface area (Å²) in [6.07, 6.45) is 0. The first-order valence-electron chi connectivity index (χ1n) is 15.7. The van der Waals surface area contributed by atoms with Crippen LogP contribution < -0.4 is 0 Å². The topological polar surface area (TPSA) is 38.7 Å². The number of hydrogen-bond acceptors (Lipinski definition) is 4. The van der Waals surface area contributed by atoms with Crippen LogP contribution in [0.2, 0.25) is 0 Å². The summed E-state index contributed by atoms with van der Waals surface area (Å²) in [5.74, 6) is 1.97. The molecule has 0 aliphatic carbocycles. The number of aromatic nitrogens is 3. The number of fused-ring (bicyclic) bond motifs is 5. The fourth-order valence-corrected chi connectivity index (χ4v) is 7.66. The second-order valence-electron chi connectivity index (χ2n) is 11.6. The van der Waals surface area contributed by atoms with Gasteiger partial charge >= 0.3 is 0 Å². The van der Waals surface area contributed by atoms with E-state index in [2.05, 4.69) is 103 Å². The van der Waals surface area contributed by atoms with Crippen molar-refractivity contribution in [1.82, 2.24) is 15.0 Å². The van der Waals surface area contributed by atoms with Gasteiger partial charge in [-0.1, -0.05) is 146 Å². The molecule has 220 valence electrons. The Kier molecular flexibility index (Phi) is 6.65. The van der Waals surface area contributed by atoms with E-state index in [1.54, 1.807) is 0 Å². The highest BCUT2D eigenvalue weighted by Crippen LogP contribution is 2.41. The molecule has 9 rings (SSSR count). The number of hydrogen-bond donors (Lipinski definition) is 0. The highest BCUT2D eigenvalue weighted by atomic mass is 32.1. The standard InChI is InChI=1S/C43H27N3S/c1-3-12-28(13-4-1)41-44-42(29-14-5-2-6-15-29)46-43(45-41)33-19-10-17-31(27-33)30-16-9-18-32(26-30)34-21-11-22-37-35(34)24-25-38-36-20-7-8-23-39(36)47-40(37)38/h1-27H. The van der Waals surface area contributed by atoms with Gasteiger partial charge in [-0.05, 0) is 45.8 Å². The van der Waals surface area contributed by atoms with E-state index in [0.717, 1.165) is 27.8 Å². The molecule has 47 heavy (non-hydrogen) atoms. The molecule has 4 heteroatoms. The minimum Gasteiger partial charge on any atom is -0.208 e. The quantitative estimate of drug-likeness (QED) is 0.193. The van der Waals surface area contributed by atoms with E-state index < -0.39 is 0 Å². The van der Waals surface area contributed by atoms with Crippen LogP contribution in [-0.2, 0) is 0 Å². The molecule has 0 saturated heterocycles. The summed E-state index contributed by atoms with van der Waals surface area (Å²) in [7, 11) is 0. The maximum absolute atomic E-state index is 4.95. The van der Waals surface area contributed by atoms with Gasteiger partial charge in [-0.15, -0.1) is 11.3 Å². The molecule has 2 aromatic heterocycles. The van der Waals surface area contributed by atoms with Gasteiger partial charge in [-0.25, -0.2) is 15.0 Å². The molecule has 2 heterocycles. The van der Waals surface area contributed by atoms with Crippen LogP contribution in [0.25, 0.3) is 87.4 Å². The largest absolute Gasteiger partial charge is 0.208 e. The first kappa shape index (κ1) is 27.3. The fraction of sp³-hybridized carbons (Fsp3) is 0. The lowest BCUT2D eigenvalue weighted by Gasteiger charge is -2.11. The van der Waals surface area contributed by atoms with Gasteiger partial charge < -0.3 is 0 Å². The molecule has 0 fully saturated rings. The zero-order valence-corrected chi connectivity index (χ0v) is 26.2. The molecule has 0 amide bonds. The van der Waals surface area contributed by atoms with Crippen LogP contribution >= 0.6 is 11.3 Å². The van der Waals surface area contributed by atoms with E-state index >= 15 is 0 Å². The Morgan fingerprint density at radius 3 is 1.49 bits per heavy atom. The lowest BCUT2D eigenvalue weighted by molar-refractivity contribution is 1.07. The monoisotopic (exact) mass is 617 g/mol.